The minimum absolute atomic E-state index is 0.000532. The number of amides is 4. The van der Waals surface area contributed by atoms with Gasteiger partial charge in [-0.3, -0.25) is 24.1 Å². The van der Waals surface area contributed by atoms with E-state index in [-0.39, 0.29) is 31.7 Å². The van der Waals surface area contributed by atoms with Crippen LogP contribution in [0.15, 0.2) is 66.9 Å². The van der Waals surface area contributed by atoms with E-state index in [9.17, 15) is 46.2 Å². The fourth-order valence-electron chi connectivity index (χ4n) is 5.39. The molecule has 2 atom stereocenters. The molecule has 0 bridgehead atoms. The van der Waals surface area contributed by atoms with Crippen molar-refractivity contribution in [1.82, 2.24) is 24.9 Å². The summed E-state index contributed by atoms with van der Waals surface area (Å²) < 4.78 is 62.0. The molecule has 5 N–H and O–H groups in total. The molecule has 0 spiro atoms. The van der Waals surface area contributed by atoms with Crippen LogP contribution in [0, 0.1) is 17.0 Å². The van der Waals surface area contributed by atoms with Crippen molar-refractivity contribution in [3.05, 3.63) is 95.3 Å². The van der Waals surface area contributed by atoms with Crippen LogP contribution in [0.1, 0.15) is 50.1 Å². The Hall–Kier alpha value is -5.49. The first-order chi connectivity index (χ1) is 24.7. The topological polar surface area (TPSA) is 188 Å². The number of hydrogen-bond acceptors (Lipinski definition) is 8. The Kier molecular flexibility index (Phi) is 14.1. The van der Waals surface area contributed by atoms with E-state index in [1.807, 2.05) is 51.1 Å². The van der Waals surface area contributed by atoms with Crippen LogP contribution in [0.4, 0.5) is 22.0 Å². The van der Waals surface area contributed by atoms with E-state index in [0.717, 1.165) is 40.8 Å². The number of rotatable bonds is 13. The summed E-state index contributed by atoms with van der Waals surface area (Å²) in [6, 6.07) is 10.7. The number of carbonyl (C=O) groups is 5. The lowest BCUT2D eigenvalue weighted by Crippen LogP contribution is -2.48. The molecular weight excluding hydrogens is 711 g/mol. The number of nitrogens with two attached hydrogens (primary N) is 1. The minimum Gasteiger partial charge on any atom is -0.475 e. The van der Waals surface area contributed by atoms with Crippen molar-refractivity contribution < 1.29 is 56.1 Å². The summed E-state index contributed by atoms with van der Waals surface area (Å²) in [5.74, 6) is -6.22. The molecule has 286 valence electrons. The SMILES string of the molecule is CC(C)(C)[C@H](c1nn(-c2cc(F)ccc2F)cc1Cc1ccccc1)N(CC[C@H](N)C(=O)NCCN1C(=O)C=CC1=O)C(=O)CO.O=C(O)C(F)(F)F. The molecule has 2 aromatic carbocycles. The average molecular weight is 751 g/mol. The molecule has 1 aromatic heterocycles. The van der Waals surface area contributed by atoms with Crippen molar-refractivity contribution in [1.29, 1.82) is 0 Å². The van der Waals surface area contributed by atoms with E-state index in [1.165, 1.54) is 9.58 Å². The zero-order chi connectivity index (χ0) is 39.7. The van der Waals surface area contributed by atoms with Crippen LogP contribution in [0.2, 0.25) is 0 Å². The van der Waals surface area contributed by atoms with Crippen LogP contribution in [-0.4, -0.2) is 97.9 Å². The number of aromatic nitrogens is 2. The van der Waals surface area contributed by atoms with E-state index in [0.29, 0.717) is 17.7 Å². The molecule has 0 radical (unpaired) electrons. The summed E-state index contributed by atoms with van der Waals surface area (Å²) in [4.78, 5) is 60.9. The van der Waals surface area contributed by atoms with Gasteiger partial charge in [-0.25, -0.2) is 18.3 Å². The molecule has 1 aliphatic rings. The normalized spacial score (nSPS) is 14.0. The number of carboxylic acids is 1. The Morgan fingerprint density at radius 1 is 1.00 bits per heavy atom. The number of aliphatic hydroxyl groups excluding tert-OH is 1. The molecule has 0 saturated heterocycles. The molecule has 4 rings (SSSR count). The van der Waals surface area contributed by atoms with Crippen LogP contribution in [0.5, 0.6) is 0 Å². The zero-order valence-corrected chi connectivity index (χ0v) is 28.9. The zero-order valence-electron chi connectivity index (χ0n) is 28.9. The third-order valence-corrected chi connectivity index (χ3v) is 7.86. The van der Waals surface area contributed by atoms with Crippen LogP contribution < -0.4 is 11.1 Å². The number of hydrogen-bond donors (Lipinski definition) is 4. The molecule has 53 heavy (non-hydrogen) atoms. The van der Waals surface area contributed by atoms with Crippen molar-refractivity contribution in [3.8, 4) is 5.69 Å². The van der Waals surface area contributed by atoms with Crippen molar-refractivity contribution in [2.24, 2.45) is 11.1 Å². The summed E-state index contributed by atoms with van der Waals surface area (Å²) in [5.41, 5.74) is 7.35. The van der Waals surface area contributed by atoms with Gasteiger partial charge in [0.05, 0.1) is 17.8 Å². The third kappa shape index (κ3) is 11.5. The van der Waals surface area contributed by atoms with E-state index in [2.05, 4.69) is 5.32 Å². The number of carbonyl (C=O) groups excluding carboxylic acids is 4. The maximum atomic E-state index is 14.9. The highest BCUT2D eigenvalue weighted by Crippen LogP contribution is 2.40. The van der Waals surface area contributed by atoms with E-state index < -0.39 is 71.5 Å². The molecule has 13 nitrogen and oxygen atoms in total. The van der Waals surface area contributed by atoms with Crippen molar-refractivity contribution in [3.63, 3.8) is 0 Å². The maximum absolute atomic E-state index is 14.9. The monoisotopic (exact) mass is 750 g/mol. The molecule has 1 aliphatic heterocycles. The molecule has 0 aliphatic carbocycles. The highest BCUT2D eigenvalue weighted by atomic mass is 19.4. The van der Waals surface area contributed by atoms with E-state index in [1.54, 1.807) is 6.20 Å². The number of alkyl halides is 3. The lowest BCUT2D eigenvalue weighted by molar-refractivity contribution is -0.192. The predicted octanol–water partition coefficient (Wildman–Crippen LogP) is 3.04. The van der Waals surface area contributed by atoms with Crippen LogP contribution in [-0.2, 0) is 30.4 Å². The summed E-state index contributed by atoms with van der Waals surface area (Å²) in [7, 11) is 0. The predicted molar refractivity (Wildman–Crippen MR) is 179 cm³/mol. The number of carboxylic acid groups (broad SMARTS) is 1. The second-order valence-electron chi connectivity index (χ2n) is 12.9. The van der Waals surface area contributed by atoms with Gasteiger partial charge in [0, 0.05) is 56.0 Å². The number of halogens is 5. The summed E-state index contributed by atoms with van der Waals surface area (Å²) in [6.07, 6.45) is -0.819. The molecule has 0 fully saturated rings. The molecule has 3 aromatic rings. The maximum Gasteiger partial charge on any atom is 0.490 e. The summed E-state index contributed by atoms with van der Waals surface area (Å²) in [6.45, 7) is 4.74. The number of benzene rings is 2. The first-order valence-corrected chi connectivity index (χ1v) is 16.1. The first-order valence-electron chi connectivity index (χ1n) is 16.1. The van der Waals surface area contributed by atoms with Crippen molar-refractivity contribution in [2.45, 2.75) is 51.9 Å². The average Bonchev–Trinajstić information content (AvgIpc) is 3.64. The van der Waals surface area contributed by atoms with Crippen LogP contribution >= 0.6 is 0 Å². The lowest BCUT2D eigenvalue weighted by atomic mass is 9.81. The number of imide groups is 1. The first kappa shape index (κ1) is 41.9. The Labute approximate surface area is 300 Å². The number of nitrogens with zero attached hydrogens (tertiary/aromatic N) is 4. The van der Waals surface area contributed by atoms with Crippen molar-refractivity contribution >= 4 is 29.6 Å². The number of aliphatic carboxylic acids is 1. The summed E-state index contributed by atoms with van der Waals surface area (Å²) >= 11 is 0. The van der Waals surface area contributed by atoms with E-state index in [4.69, 9.17) is 20.7 Å². The molecule has 0 saturated carbocycles. The Bertz CT molecular complexity index is 1810. The third-order valence-electron chi connectivity index (χ3n) is 7.86. The largest absolute Gasteiger partial charge is 0.490 e. The van der Waals surface area contributed by atoms with Gasteiger partial charge in [0.25, 0.3) is 11.8 Å². The highest BCUT2D eigenvalue weighted by Gasteiger charge is 2.39. The molecular formula is C35H39F5N6O7. The fraction of sp³-hybridized carbons (Fsp3) is 0.371. The molecule has 2 heterocycles. The van der Waals surface area contributed by atoms with Gasteiger partial charge < -0.3 is 26.2 Å². The van der Waals surface area contributed by atoms with Crippen molar-refractivity contribution in [2.75, 3.05) is 26.2 Å². The molecule has 4 amide bonds. The summed E-state index contributed by atoms with van der Waals surface area (Å²) in [5, 5.41) is 24.4. The molecule has 18 heteroatoms. The lowest BCUT2D eigenvalue weighted by Gasteiger charge is -2.40. The van der Waals surface area contributed by atoms with Gasteiger partial charge in [-0.1, -0.05) is 51.1 Å². The second kappa shape index (κ2) is 17.8. The van der Waals surface area contributed by atoms with Gasteiger partial charge in [-0.05, 0) is 29.5 Å². The van der Waals surface area contributed by atoms with Gasteiger partial charge in [0.15, 0.2) is 0 Å². The van der Waals surface area contributed by atoms with Gasteiger partial charge in [0.2, 0.25) is 11.8 Å². The molecule has 0 unspecified atom stereocenters. The Morgan fingerprint density at radius 3 is 2.15 bits per heavy atom. The Morgan fingerprint density at radius 2 is 1.60 bits per heavy atom. The number of nitrogens with one attached hydrogen (secondary N) is 1. The quantitative estimate of drug-likeness (QED) is 0.150. The van der Waals surface area contributed by atoms with Crippen LogP contribution in [0.25, 0.3) is 5.69 Å². The fourth-order valence-corrected chi connectivity index (χ4v) is 5.39. The minimum atomic E-state index is -5.08. The highest BCUT2D eigenvalue weighted by molar-refractivity contribution is 6.12. The van der Waals surface area contributed by atoms with Gasteiger partial charge in [-0.2, -0.15) is 18.3 Å². The van der Waals surface area contributed by atoms with E-state index >= 15 is 0 Å². The smallest absolute Gasteiger partial charge is 0.475 e. The van der Waals surface area contributed by atoms with Crippen LogP contribution in [0.3, 0.4) is 0 Å². The number of aliphatic hydroxyl groups is 1. The Balaban J connectivity index is 0.000000980. The van der Waals surface area contributed by atoms with Gasteiger partial charge in [-0.15, -0.1) is 0 Å². The standard InChI is InChI=1S/C33H38F2N6O5.C2HF3O2/c1-33(2,3)31(40(29(45)20-42)15-13-25(36)32(46)37-14-16-39-27(43)11-12-28(39)44)30-22(17-21-7-5-4-6-8-21)19-41(38-30)26-18-23(34)9-10-24(26)35;3-2(4,5)1(6)7/h4-12,18-19,25,31,42H,13-17,20,36H2,1-3H3,(H,37,46);(H,6,7)/t25-,31-;/m0./s1. The second-order valence-corrected chi connectivity index (χ2v) is 12.9. The van der Waals surface area contributed by atoms with Gasteiger partial charge in [0.1, 0.15) is 23.9 Å². The van der Waals surface area contributed by atoms with Gasteiger partial charge >= 0.3 is 12.1 Å².